The number of hydrogen-bond acceptors (Lipinski definition) is 4. The van der Waals surface area contributed by atoms with E-state index in [0.29, 0.717) is 12.2 Å². The molecule has 3 N–H and O–H groups in total. The van der Waals surface area contributed by atoms with Crippen molar-refractivity contribution < 1.29 is 4.79 Å². The Labute approximate surface area is 110 Å². The Kier molecular flexibility index (Phi) is 2.57. The molecular weight excluding hydrogens is 240 g/mol. The van der Waals surface area contributed by atoms with Crippen molar-refractivity contribution in [3.8, 4) is 0 Å². The number of carbonyl (C=O) groups excluding carboxylic acids is 1. The van der Waals surface area contributed by atoms with Crippen LogP contribution in [-0.4, -0.2) is 21.4 Å². The first kappa shape index (κ1) is 11.8. The van der Waals surface area contributed by atoms with Crippen molar-refractivity contribution in [2.24, 2.45) is 11.7 Å². The minimum Gasteiger partial charge on any atom is -0.317 e. The quantitative estimate of drug-likeness (QED) is 0.813. The van der Waals surface area contributed by atoms with E-state index in [4.69, 9.17) is 5.73 Å². The first-order valence-electron chi connectivity index (χ1n) is 6.07. The van der Waals surface area contributed by atoms with E-state index in [1.165, 1.54) is 0 Å². The van der Waals surface area contributed by atoms with Crippen LogP contribution in [0, 0.1) is 5.92 Å². The zero-order valence-electron chi connectivity index (χ0n) is 10.3. The third-order valence-corrected chi connectivity index (χ3v) is 3.50. The summed E-state index contributed by atoms with van der Waals surface area (Å²) in [6.45, 7) is 3.67. The predicted molar refractivity (Wildman–Crippen MR) is 73.4 cm³/mol. The van der Waals surface area contributed by atoms with Gasteiger partial charge in [0.05, 0.1) is 5.52 Å². The fourth-order valence-corrected chi connectivity index (χ4v) is 2.13. The highest BCUT2D eigenvalue weighted by molar-refractivity contribution is 6.00. The molecule has 1 amide bonds. The molecule has 2 unspecified atom stereocenters. The van der Waals surface area contributed by atoms with Gasteiger partial charge in [0.1, 0.15) is 11.4 Å². The van der Waals surface area contributed by atoms with Crippen LogP contribution in [0.2, 0.25) is 0 Å². The van der Waals surface area contributed by atoms with Gasteiger partial charge in [0.15, 0.2) is 0 Å². The number of anilines is 1. The zero-order valence-corrected chi connectivity index (χ0v) is 10.3. The van der Waals surface area contributed by atoms with E-state index in [1.807, 2.05) is 6.07 Å². The SMILES string of the molecule is C=CC1CC1(N)C(=O)Nc1ccc2cnccc2n1. The molecular formula is C14H14N4O. The van der Waals surface area contributed by atoms with Gasteiger partial charge < -0.3 is 11.1 Å². The van der Waals surface area contributed by atoms with E-state index in [9.17, 15) is 4.79 Å². The lowest BCUT2D eigenvalue weighted by molar-refractivity contribution is -0.118. The van der Waals surface area contributed by atoms with E-state index in [0.717, 1.165) is 10.9 Å². The standard InChI is InChI=1S/C14H14N4O/c1-2-10-7-14(10,15)13(19)18-12-4-3-9-8-16-6-5-11(9)17-12/h2-6,8,10H,1,7,15H2,(H,17,18,19). The Balaban J connectivity index is 1.82. The van der Waals surface area contributed by atoms with Gasteiger partial charge in [-0.05, 0) is 24.6 Å². The Hall–Kier alpha value is -2.27. The maximum Gasteiger partial charge on any atom is 0.246 e. The summed E-state index contributed by atoms with van der Waals surface area (Å²) in [6, 6.07) is 5.41. The Morgan fingerprint density at radius 1 is 1.53 bits per heavy atom. The minimum absolute atomic E-state index is 0.0529. The van der Waals surface area contributed by atoms with Crippen LogP contribution in [0.25, 0.3) is 10.9 Å². The van der Waals surface area contributed by atoms with Crippen LogP contribution in [-0.2, 0) is 4.79 Å². The summed E-state index contributed by atoms with van der Waals surface area (Å²) in [7, 11) is 0. The summed E-state index contributed by atoms with van der Waals surface area (Å²) in [4.78, 5) is 20.4. The number of hydrogen-bond donors (Lipinski definition) is 2. The molecule has 5 nitrogen and oxygen atoms in total. The number of pyridine rings is 2. The molecule has 0 saturated heterocycles. The monoisotopic (exact) mass is 254 g/mol. The van der Waals surface area contributed by atoms with Gasteiger partial charge in [-0.1, -0.05) is 6.08 Å². The van der Waals surface area contributed by atoms with Gasteiger partial charge in [-0.2, -0.15) is 0 Å². The number of aromatic nitrogens is 2. The predicted octanol–water partition coefficient (Wildman–Crippen LogP) is 1.47. The number of nitrogens with one attached hydrogen (secondary N) is 1. The second-order valence-electron chi connectivity index (χ2n) is 4.81. The summed E-state index contributed by atoms with van der Waals surface area (Å²) in [5, 5.41) is 3.69. The number of rotatable bonds is 3. The van der Waals surface area contributed by atoms with Crippen LogP contribution >= 0.6 is 0 Å². The molecule has 3 rings (SSSR count). The zero-order chi connectivity index (χ0) is 13.5. The second kappa shape index (κ2) is 4.13. The number of nitrogens with zero attached hydrogens (tertiary/aromatic N) is 2. The molecule has 2 atom stereocenters. The van der Waals surface area contributed by atoms with Crippen molar-refractivity contribution in [3.63, 3.8) is 0 Å². The summed E-state index contributed by atoms with van der Waals surface area (Å²) >= 11 is 0. The molecule has 1 fully saturated rings. The van der Waals surface area contributed by atoms with Crippen molar-refractivity contribution in [1.82, 2.24) is 9.97 Å². The lowest BCUT2D eigenvalue weighted by Gasteiger charge is -2.11. The molecule has 1 saturated carbocycles. The number of carbonyl (C=O) groups is 1. The lowest BCUT2D eigenvalue weighted by atomic mass is 10.2. The molecule has 2 aromatic heterocycles. The van der Waals surface area contributed by atoms with Crippen molar-refractivity contribution in [2.45, 2.75) is 12.0 Å². The third-order valence-electron chi connectivity index (χ3n) is 3.50. The summed E-state index contributed by atoms with van der Waals surface area (Å²) in [5.74, 6) is 0.346. The molecule has 19 heavy (non-hydrogen) atoms. The van der Waals surface area contributed by atoms with Crippen molar-refractivity contribution in [2.75, 3.05) is 5.32 Å². The van der Waals surface area contributed by atoms with E-state index < -0.39 is 5.54 Å². The van der Waals surface area contributed by atoms with Crippen LogP contribution in [0.1, 0.15) is 6.42 Å². The largest absolute Gasteiger partial charge is 0.317 e. The average Bonchev–Trinajstić information content (AvgIpc) is 3.11. The van der Waals surface area contributed by atoms with Gasteiger partial charge in [-0.3, -0.25) is 9.78 Å². The molecule has 0 aromatic carbocycles. The normalized spacial score (nSPS) is 25.0. The number of amides is 1. The minimum atomic E-state index is -0.823. The van der Waals surface area contributed by atoms with Crippen molar-refractivity contribution in [1.29, 1.82) is 0 Å². The molecule has 0 spiro atoms. The molecule has 2 aromatic rings. The van der Waals surface area contributed by atoms with Crippen LogP contribution in [0.4, 0.5) is 5.82 Å². The first-order chi connectivity index (χ1) is 9.13. The smallest absolute Gasteiger partial charge is 0.246 e. The molecule has 0 bridgehead atoms. The van der Waals surface area contributed by atoms with Crippen molar-refractivity contribution in [3.05, 3.63) is 43.2 Å². The lowest BCUT2D eigenvalue weighted by Crippen LogP contribution is -2.40. The van der Waals surface area contributed by atoms with E-state index in [-0.39, 0.29) is 11.8 Å². The molecule has 2 heterocycles. The highest BCUT2D eigenvalue weighted by Crippen LogP contribution is 2.42. The van der Waals surface area contributed by atoms with Gasteiger partial charge >= 0.3 is 0 Å². The highest BCUT2D eigenvalue weighted by atomic mass is 16.2. The highest BCUT2D eigenvalue weighted by Gasteiger charge is 2.55. The molecule has 1 aliphatic rings. The van der Waals surface area contributed by atoms with Crippen LogP contribution in [0.5, 0.6) is 0 Å². The van der Waals surface area contributed by atoms with E-state index >= 15 is 0 Å². The molecule has 0 aliphatic heterocycles. The molecule has 5 heteroatoms. The second-order valence-corrected chi connectivity index (χ2v) is 4.81. The van der Waals surface area contributed by atoms with E-state index in [1.54, 1.807) is 30.6 Å². The third kappa shape index (κ3) is 1.98. The van der Waals surface area contributed by atoms with Crippen LogP contribution < -0.4 is 11.1 Å². The van der Waals surface area contributed by atoms with Crippen LogP contribution in [0.15, 0.2) is 43.2 Å². The Morgan fingerprint density at radius 3 is 3.11 bits per heavy atom. The molecule has 96 valence electrons. The van der Waals surface area contributed by atoms with Gasteiger partial charge in [0.25, 0.3) is 0 Å². The van der Waals surface area contributed by atoms with E-state index in [2.05, 4.69) is 21.9 Å². The molecule has 0 radical (unpaired) electrons. The average molecular weight is 254 g/mol. The summed E-state index contributed by atoms with van der Waals surface area (Å²) < 4.78 is 0. The number of nitrogens with two attached hydrogens (primary N) is 1. The van der Waals surface area contributed by atoms with Gasteiger partial charge in [0, 0.05) is 23.7 Å². The maximum atomic E-state index is 12.1. The van der Waals surface area contributed by atoms with Crippen LogP contribution in [0.3, 0.4) is 0 Å². The first-order valence-corrected chi connectivity index (χ1v) is 6.07. The topological polar surface area (TPSA) is 80.9 Å². The van der Waals surface area contributed by atoms with Crippen molar-refractivity contribution >= 4 is 22.6 Å². The fourth-order valence-electron chi connectivity index (χ4n) is 2.13. The number of fused-ring (bicyclic) bond motifs is 1. The molecule has 1 aliphatic carbocycles. The van der Waals surface area contributed by atoms with Gasteiger partial charge in [-0.15, -0.1) is 6.58 Å². The van der Waals surface area contributed by atoms with Gasteiger partial charge in [0.2, 0.25) is 5.91 Å². The fraction of sp³-hybridized carbons (Fsp3) is 0.214. The summed E-state index contributed by atoms with van der Waals surface area (Å²) in [5.41, 5.74) is 5.95. The Bertz CT molecular complexity index is 669. The maximum absolute atomic E-state index is 12.1. The Morgan fingerprint density at radius 2 is 2.37 bits per heavy atom. The summed E-state index contributed by atoms with van der Waals surface area (Å²) in [6.07, 6.45) is 5.76. The van der Waals surface area contributed by atoms with Gasteiger partial charge in [-0.25, -0.2) is 4.98 Å².